The van der Waals surface area contributed by atoms with Gasteiger partial charge in [0, 0.05) is 6.07 Å². The molecule has 0 radical (unpaired) electrons. The van der Waals surface area contributed by atoms with Crippen molar-refractivity contribution in [3.63, 3.8) is 0 Å². The number of nitrogens with one attached hydrogen (secondary N) is 1. The second kappa shape index (κ2) is 6.97. The molecule has 140 valence electrons. The van der Waals surface area contributed by atoms with Crippen LogP contribution >= 0.6 is 0 Å². The molecule has 2 fully saturated rings. The third kappa shape index (κ3) is 2.91. The van der Waals surface area contributed by atoms with E-state index in [1.165, 1.54) is 14.2 Å². The lowest BCUT2D eigenvalue weighted by atomic mass is 9.73. The van der Waals surface area contributed by atoms with Gasteiger partial charge in [-0.2, -0.15) is 0 Å². The molecule has 2 unspecified atom stereocenters. The van der Waals surface area contributed by atoms with Gasteiger partial charge in [0.05, 0.1) is 26.3 Å². The number of Topliss-reactive ketones (excluding diaryl/α,β-unsaturated/α-hetero) is 1. The van der Waals surface area contributed by atoms with Crippen LogP contribution in [0.15, 0.2) is 18.2 Å². The van der Waals surface area contributed by atoms with E-state index in [2.05, 4.69) is 5.32 Å². The lowest BCUT2D eigenvalue weighted by Gasteiger charge is -2.36. The number of urea groups is 1. The van der Waals surface area contributed by atoms with Crippen molar-refractivity contribution in [3.05, 3.63) is 23.8 Å². The number of nitrogens with zero attached hydrogens (tertiary/aromatic N) is 1. The maximum Gasteiger partial charge on any atom is 0.325 e. The van der Waals surface area contributed by atoms with Gasteiger partial charge in [-0.25, -0.2) is 4.79 Å². The summed E-state index contributed by atoms with van der Waals surface area (Å²) >= 11 is 0. The Balaban J connectivity index is 1.82. The Morgan fingerprint density at radius 2 is 2.04 bits per heavy atom. The fourth-order valence-corrected chi connectivity index (χ4v) is 3.90. The summed E-state index contributed by atoms with van der Waals surface area (Å²) in [6.07, 6.45) is 3.45. The molecule has 0 aromatic heterocycles. The number of imide groups is 1. The number of benzene rings is 1. The van der Waals surface area contributed by atoms with E-state index in [4.69, 9.17) is 9.47 Å². The van der Waals surface area contributed by atoms with Gasteiger partial charge in [-0.15, -0.1) is 0 Å². The van der Waals surface area contributed by atoms with Crippen molar-refractivity contribution in [2.75, 3.05) is 20.8 Å². The van der Waals surface area contributed by atoms with Crippen molar-refractivity contribution in [2.24, 2.45) is 5.92 Å². The summed E-state index contributed by atoms with van der Waals surface area (Å²) in [5.41, 5.74) is -0.550. The Morgan fingerprint density at radius 3 is 2.69 bits per heavy atom. The first kappa shape index (κ1) is 18.2. The Labute approximate surface area is 152 Å². The van der Waals surface area contributed by atoms with Crippen LogP contribution in [0.1, 0.15) is 43.0 Å². The Bertz CT molecular complexity index is 747. The van der Waals surface area contributed by atoms with Crippen LogP contribution in [0, 0.1) is 5.92 Å². The zero-order valence-electron chi connectivity index (χ0n) is 15.3. The van der Waals surface area contributed by atoms with Gasteiger partial charge in [0.2, 0.25) is 0 Å². The summed E-state index contributed by atoms with van der Waals surface area (Å²) in [5, 5.41) is 2.86. The van der Waals surface area contributed by atoms with Gasteiger partial charge >= 0.3 is 6.03 Å². The molecule has 1 aromatic rings. The van der Waals surface area contributed by atoms with Gasteiger partial charge in [-0.3, -0.25) is 14.5 Å². The minimum absolute atomic E-state index is 0.0586. The maximum atomic E-state index is 13.0. The molecule has 1 aliphatic heterocycles. The Morgan fingerprint density at radius 1 is 1.27 bits per heavy atom. The van der Waals surface area contributed by atoms with Crippen LogP contribution in [-0.4, -0.2) is 48.9 Å². The van der Waals surface area contributed by atoms with Gasteiger partial charge in [-0.1, -0.05) is 19.8 Å². The molecular formula is C19H24N2O5. The molecule has 1 N–H and O–H groups in total. The summed E-state index contributed by atoms with van der Waals surface area (Å²) in [6.45, 7) is 1.68. The first-order valence-electron chi connectivity index (χ1n) is 8.82. The smallest absolute Gasteiger partial charge is 0.325 e. The Kier molecular flexibility index (Phi) is 4.89. The number of hydrogen-bond donors (Lipinski definition) is 1. The zero-order chi connectivity index (χ0) is 18.9. The molecule has 7 heteroatoms. The van der Waals surface area contributed by atoms with Crippen LogP contribution in [0.4, 0.5) is 4.79 Å². The van der Waals surface area contributed by atoms with Crippen molar-refractivity contribution in [2.45, 2.75) is 38.1 Å². The van der Waals surface area contributed by atoms with Crippen LogP contribution in [0.25, 0.3) is 0 Å². The first-order chi connectivity index (χ1) is 12.4. The molecule has 1 spiro atoms. The molecule has 2 aliphatic rings. The van der Waals surface area contributed by atoms with Crippen molar-refractivity contribution >= 4 is 17.7 Å². The molecule has 1 saturated heterocycles. The van der Waals surface area contributed by atoms with Crippen molar-refractivity contribution in [1.29, 1.82) is 0 Å². The normalized spacial score (nSPS) is 25.3. The predicted molar refractivity (Wildman–Crippen MR) is 94.5 cm³/mol. The highest BCUT2D eigenvalue weighted by Gasteiger charge is 2.55. The molecule has 7 nitrogen and oxygen atoms in total. The lowest BCUT2D eigenvalue weighted by Crippen LogP contribution is -2.54. The molecule has 1 saturated carbocycles. The molecule has 1 heterocycles. The molecule has 26 heavy (non-hydrogen) atoms. The fraction of sp³-hybridized carbons (Fsp3) is 0.526. The molecule has 1 aromatic carbocycles. The van der Waals surface area contributed by atoms with E-state index >= 15 is 0 Å². The van der Waals surface area contributed by atoms with Gasteiger partial charge < -0.3 is 14.8 Å². The summed E-state index contributed by atoms with van der Waals surface area (Å²) in [7, 11) is 2.98. The minimum atomic E-state index is -0.862. The second-order valence-electron chi connectivity index (χ2n) is 6.93. The van der Waals surface area contributed by atoms with Gasteiger partial charge in [0.25, 0.3) is 5.91 Å². The van der Waals surface area contributed by atoms with Gasteiger partial charge in [-0.05, 0) is 30.9 Å². The van der Waals surface area contributed by atoms with Gasteiger partial charge in [0.15, 0.2) is 5.78 Å². The number of carbonyl (C=O) groups excluding carboxylic acids is 3. The first-order valence-corrected chi connectivity index (χ1v) is 8.82. The van der Waals surface area contributed by atoms with E-state index in [1.54, 1.807) is 18.2 Å². The average Bonchev–Trinajstić information content (AvgIpc) is 2.88. The largest absolute Gasteiger partial charge is 0.497 e. The molecule has 3 rings (SSSR count). The standard InChI is InChI=1S/C19H24N2O5/c1-12-6-4-5-9-19(12)17(23)21(18(24)20-19)11-15(22)14-8-7-13(25-2)10-16(14)26-3/h7-8,10,12H,4-6,9,11H2,1-3H3,(H,20,24). The van der Waals surface area contributed by atoms with E-state index in [1.807, 2.05) is 6.92 Å². The molecule has 1 aliphatic carbocycles. The summed E-state index contributed by atoms with van der Waals surface area (Å²) in [4.78, 5) is 39.1. The van der Waals surface area contributed by atoms with Crippen LogP contribution in [0.5, 0.6) is 11.5 Å². The topological polar surface area (TPSA) is 84.9 Å². The molecule has 0 bridgehead atoms. The Hall–Kier alpha value is -2.57. The third-order valence-electron chi connectivity index (χ3n) is 5.51. The second-order valence-corrected chi connectivity index (χ2v) is 6.93. The lowest BCUT2D eigenvalue weighted by molar-refractivity contribution is -0.133. The number of ether oxygens (including phenoxy) is 2. The number of amides is 3. The third-order valence-corrected chi connectivity index (χ3v) is 5.51. The quantitative estimate of drug-likeness (QED) is 0.644. The highest BCUT2D eigenvalue weighted by Crippen LogP contribution is 2.38. The SMILES string of the molecule is COc1ccc(C(=O)CN2C(=O)NC3(CCCCC3C)C2=O)c(OC)c1. The fourth-order valence-electron chi connectivity index (χ4n) is 3.90. The van der Waals surface area contributed by atoms with Crippen molar-refractivity contribution in [3.8, 4) is 11.5 Å². The number of hydrogen-bond acceptors (Lipinski definition) is 5. The average molecular weight is 360 g/mol. The van der Waals surface area contributed by atoms with E-state index in [9.17, 15) is 14.4 Å². The molecule has 2 atom stereocenters. The predicted octanol–water partition coefficient (Wildman–Crippen LogP) is 2.39. The van der Waals surface area contributed by atoms with Crippen molar-refractivity contribution in [1.82, 2.24) is 10.2 Å². The highest BCUT2D eigenvalue weighted by molar-refractivity contribution is 6.11. The summed E-state index contributed by atoms with van der Waals surface area (Å²) < 4.78 is 10.4. The highest BCUT2D eigenvalue weighted by atomic mass is 16.5. The van der Waals surface area contributed by atoms with E-state index < -0.39 is 11.6 Å². The number of carbonyl (C=O) groups is 3. The number of ketones is 1. The van der Waals surface area contributed by atoms with E-state index in [0.717, 1.165) is 24.2 Å². The van der Waals surface area contributed by atoms with Crippen LogP contribution in [0.2, 0.25) is 0 Å². The van der Waals surface area contributed by atoms with E-state index in [0.29, 0.717) is 23.5 Å². The monoisotopic (exact) mass is 360 g/mol. The van der Waals surface area contributed by atoms with Crippen molar-refractivity contribution < 1.29 is 23.9 Å². The minimum Gasteiger partial charge on any atom is -0.497 e. The van der Waals surface area contributed by atoms with Crippen LogP contribution < -0.4 is 14.8 Å². The zero-order valence-corrected chi connectivity index (χ0v) is 15.3. The molecule has 3 amide bonds. The number of rotatable bonds is 5. The molecular weight excluding hydrogens is 336 g/mol. The summed E-state index contributed by atoms with van der Waals surface area (Å²) in [5.74, 6) is 0.317. The van der Waals surface area contributed by atoms with E-state index in [-0.39, 0.29) is 24.2 Å². The van der Waals surface area contributed by atoms with Crippen LogP contribution in [0.3, 0.4) is 0 Å². The number of methoxy groups -OCH3 is 2. The maximum absolute atomic E-state index is 13.0. The van der Waals surface area contributed by atoms with Gasteiger partial charge in [0.1, 0.15) is 17.0 Å². The van der Waals surface area contributed by atoms with Crippen LogP contribution in [-0.2, 0) is 4.79 Å². The summed E-state index contributed by atoms with van der Waals surface area (Å²) in [6, 6.07) is 4.33.